The SMILES string of the molecule is Cc1cnc(-c2nnc3ccc4nc(-c5ccc(C6(N)CCC6)cc5)c(-c5ccccc5)cc4n23)cn1. The van der Waals surface area contributed by atoms with Crippen molar-refractivity contribution in [2.24, 2.45) is 5.73 Å². The van der Waals surface area contributed by atoms with E-state index in [-0.39, 0.29) is 5.54 Å². The molecule has 0 atom stereocenters. The minimum absolute atomic E-state index is 0.188. The third kappa shape index (κ3) is 3.58. The van der Waals surface area contributed by atoms with Crippen molar-refractivity contribution in [2.45, 2.75) is 31.7 Å². The maximum absolute atomic E-state index is 6.58. The average Bonchev–Trinajstić information content (AvgIpc) is 3.37. The summed E-state index contributed by atoms with van der Waals surface area (Å²) in [5.41, 5.74) is 15.7. The molecule has 0 amide bonds. The smallest absolute Gasteiger partial charge is 0.189 e. The van der Waals surface area contributed by atoms with E-state index >= 15 is 0 Å². The van der Waals surface area contributed by atoms with Crippen LogP contribution in [0, 0.1) is 6.92 Å². The molecule has 2 N–H and O–H groups in total. The van der Waals surface area contributed by atoms with Gasteiger partial charge in [-0.25, -0.2) is 9.97 Å². The van der Waals surface area contributed by atoms with Crippen LogP contribution in [0.5, 0.6) is 0 Å². The van der Waals surface area contributed by atoms with E-state index in [0.29, 0.717) is 11.5 Å². The molecule has 37 heavy (non-hydrogen) atoms. The van der Waals surface area contributed by atoms with E-state index in [1.165, 1.54) is 12.0 Å². The van der Waals surface area contributed by atoms with Gasteiger partial charge in [0, 0.05) is 22.9 Å². The Balaban J connectivity index is 1.46. The largest absolute Gasteiger partial charge is 0.321 e. The molecule has 6 aromatic rings. The number of aromatic nitrogens is 6. The number of hydrogen-bond donors (Lipinski definition) is 1. The first-order valence-corrected chi connectivity index (χ1v) is 12.5. The third-order valence-electron chi connectivity index (χ3n) is 7.42. The molecule has 0 aliphatic heterocycles. The highest BCUT2D eigenvalue weighted by Gasteiger charge is 2.34. The first-order valence-electron chi connectivity index (χ1n) is 12.5. The lowest BCUT2D eigenvalue weighted by Crippen LogP contribution is -2.43. The standard InChI is InChI=1S/C30H25N7/c1-19-17-33-25(18-32-19)29-36-35-27-13-12-24-26(37(27)29)16-23(20-6-3-2-4-7-20)28(34-24)21-8-10-22(11-9-21)30(31)14-5-15-30/h2-4,6-13,16-18H,5,14-15,31H2,1H3. The Kier molecular flexibility index (Phi) is 4.87. The Morgan fingerprint density at radius 1 is 0.838 bits per heavy atom. The maximum Gasteiger partial charge on any atom is 0.189 e. The van der Waals surface area contributed by atoms with Crippen molar-refractivity contribution in [1.82, 2.24) is 29.5 Å². The predicted octanol–water partition coefficient (Wildman–Crippen LogP) is 5.71. The van der Waals surface area contributed by atoms with Crippen molar-refractivity contribution in [3.63, 3.8) is 0 Å². The normalized spacial score (nSPS) is 14.6. The Morgan fingerprint density at radius 2 is 1.65 bits per heavy atom. The summed E-state index contributed by atoms with van der Waals surface area (Å²) in [5.74, 6) is 0.639. The monoisotopic (exact) mass is 483 g/mol. The van der Waals surface area contributed by atoms with Crippen molar-refractivity contribution in [3.8, 4) is 33.9 Å². The van der Waals surface area contributed by atoms with Crippen molar-refractivity contribution >= 4 is 16.7 Å². The molecule has 1 aliphatic carbocycles. The summed E-state index contributed by atoms with van der Waals surface area (Å²) in [4.78, 5) is 14.1. The molecule has 1 saturated carbocycles. The molecule has 0 saturated heterocycles. The summed E-state index contributed by atoms with van der Waals surface area (Å²) < 4.78 is 2.01. The fourth-order valence-electron chi connectivity index (χ4n) is 5.15. The molecule has 1 fully saturated rings. The number of benzene rings is 2. The fourth-order valence-corrected chi connectivity index (χ4v) is 5.15. The van der Waals surface area contributed by atoms with Gasteiger partial charge in [0.25, 0.3) is 0 Å². The number of aryl methyl sites for hydroxylation is 1. The van der Waals surface area contributed by atoms with Crippen LogP contribution in [0.2, 0.25) is 0 Å². The van der Waals surface area contributed by atoms with E-state index in [4.69, 9.17) is 10.7 Å². The summed E-state index contributed by atoms with van der Waals surface area (Å²) in [5, 5.41) is 8.85. The van der Waals surface area contributed by atoms with Gasteiger partial charge in [0.1, 0.15) is 5.69 Å². The van der Waals surface area contributed by atoms with E-state index in [9.17, 15) is 0 Å². The Labute approximate surface area is 214 Å². The maximum atomic E-state index is 6.58. The van der Waals surface area contributed by atoms with Gasteiger partial charge in [-0.3, -0.25) is 9.38 Å². The van der Waals surface area contributed by atoms with Gasteiger partial charge in [-0.05, 0) is 55.5 Å². The lowest BCUT2D eigenvalue weighted by Gasteiger charge is -2.38. The van der Waals surface area contributed by atoms with Crippen LogP contribution >= 0.6 is 0 Å². The first-order chi connectivity index (χ1) is 18.1. The van der Waals surface area contributed by atoms with Crippen molar-refractivity contribution in [3.05, 3.63) is 96.4 Å². The molecule has 0 radical (unpaired) electrons. The second kappa shape index (κ2) is 8.28. The quantitative estimate of drug-likeness (QED) is 0.345. The summed E-state index contributed by atoms with van der Waals surface area (Å²) in [6, 6.07) is 25.1. The lowest BCUT2D eigenvalue weighted by atomic mass is 9.72. The highest BCUT2D eigenvalue weighted by Crippen LogP contribution is 2.40. The lowest BCUT2D eigenvalue weighted by molar-refractivity contribution is 0.253. The Hall–Kier alpha value is -4.49. The van der Waals surface area contributed by atoms with Crippen LogP contribution < -0.4 is 5.73 Å². The minimum atomic E-state index is -0.188. The van der Waals surface area contributed by atoms with Gasteiger partial charge in [-0.2, -0.15) is 0 Å². The van der Waals surface area contributed by atoms with Crippen LogP contribution in [0.1, 0.15) is 30.5 Å². The zero-order chi connectivity index (χ0) is 25.0. The number of hydrogen-bond acceptors (Lipinski definition) is 6. The molecule has 0 unspecified atom stereocenters. The Bertz CT molecular complexity index is 1750. The molecule has 2 aromatic carbocycles. The van der Waals surface area contributed by atoms with Gasteiger partial charge in [0.05, 0.1) is 28.6 Å². The van der Waals surface area contributed by atoms with Crippen LogP contribution in [0.15, 0.2) is 85.2 Å². The van der Waals surface area contributed by atoms with Gasteiger partial charge < -0.3 is 5.73 Å². The zero-order valence-corrected chi connectivity index (χ0v) is 20.5. The van der Waals surface area contributed by atoms with Gasteiger partial charge in [0.15, 0.2) is 11.5 Å². The number of fused-ring (bicyclic) bond motifs is 3. The summed E-state index contributed by atoms with van der Waals surface area (Å²) in [6.45, 7) is 1.91. The molecule has 4 aromatic heterocycles. The molecule has 0 spiro atoms. The Morgan fingerprint density at radius 3 is 2.35 bits per heavy atom. The van der Waals surface area contributed by atoms with Gasteiger partial charge >= 0.3 is 0 Å². The van der Waals surface area contributed by atoms with Gasteiger partial charge in [0.2, 0.25) is 0 Å². The van der Waals surface area contributed by atoms with Gasteiger partial charge in [-0.1, -0.05) is 54.6 Å². The van der Waals surface area contributed by atoms with Crippen LogP contribution in [0.4, 0.5) is 0 Å². The van der Waals surface area contributed by atoms with E-state index in [1.54, 1.807) is 12.4 Å². The number of nitrogens with two attached hydrogens (primary N) is 1. The third-order valence-corrected chi connectivity index (χ3v) is 7.42. The van der Waals surface area contributed by atoms with Crippen LogP contribution in [-0.2, 0) is 5.54 Å². The first kappa shape index (κ1) is 21.8. The molecule has 0 bridgehead atoms. The molecular formula is C30H25N7. The van der Waals surface area contributed by atoms with Crippen molar-refractivity contribution in [1.29, 1.82) is 0 Å². The molecule has 180 valence electrons. The molecule has 7 rings (SSSR count). The van der Waals surface area contributed by atoms with E-state index < -0.39 is 0 Å². The van der Waals surface area contributed by atoms with Crippen LogP contribution in [0.25, 0.3) is 50.6 Å². The highest BCUT2D eigenvalue weighted by atomic mass is 15.3. The van der Waals surface area contributed by atoms with Crippen LogP contribution in [0.3, 0.4) is 0 Å². The van der Waals surface area contributed by atoms with E-state index in [1.807, 2.05) is 41.7 Å². The fraction of sp³-hybridized carbons (Fsp3) is 0.167. The van der Waals surface area contributed by atoms with E-state index in [2.05, 4.69) is 62.6 Å². The second-order valence-electron chi connectivity index (χ2n) is 9.84. The number of rotatable bonds is 4. The summed E-state index contributed by atoms with van der Waals surface area (Å²) >= 11 is 0. The molecule has 1 aliphatic rings. The highest BCUT2D eigenvalue weighted by molar-refractivity contribution is 5.91. The molecule has 7 nitrogen and oxygen atoms in total. The number of pyridine rings is 2. The van der Waals surface area contributed by atoms with Crippen molar-refractivity contribution in [2.75, 3.05) is 0 Å². The predicted molar refractivity (Wildman–Crippen MR) is 145 cm³/mol. The average molecular weight is 484 g/mol. The second-order valence-corrected chi connectivity index (χ2v) is 9.84. The van der Waals surface area contributed by atoms with Crippen molar-refractivity contribution < 1.29 is 0 Å². The molecule has 7 heteroatoms. The molecular weight excluding hydrogens is 458 g/mol. The number of nitrogens with zero attached hydrogens (tertiary/aromatic N) is 6. The summed E-state index contributed by atoms with van der Waals surface area (Å²) in [7, 11) is 0. The zero-order valence-electron chi connectivity index (χ0n) is 20.5. The topological polar surface area (TPSA) is 94.9 Å². The van der Waals surface area contributed by atoms with Crippen LogP contribution in [-0.4, -0.2) is 29.5 Å². The van der Waals surface area contributed by atoms with E-state index in [0.717, 1.165) is 57.6 Å². The summed E-state index contributed by atoms with van der Waals surface area (Å²) in [6.07, 6.45) is 6.75. The molecule has 4 heterocycles. The minimum Gasteiger partial charge on any atom is -0.321 e. The van der Waals surface area contributed by atoms with Gasteiger partial charge in [-0.15, -0.1) is 10.2 Å².